The predicted molar refractivity (Wildman–Crippen MR) is 56.9 cm³/mol. The summed E-state index contributed by atoms with van der Waals surface area (Å²) < 4.78 is 10.4. The second-order valence-corrected chi connectivity index (χ2v) is 3.09. The molecule has 0 radical (unpaired) electrons. The van der Waals surface area contributed by atoms with Crippen LogP contribution in [-0.2, 0) is 4.79 Å². The maximum absolute atomic E-state index is 10.9. The van der Waals surface area contributed by atoms with Crippen molar-refractivity contribution >= 4 is 5.91 Å². The Bertz CT molecular complexity index is 321. The fourth-order valence-electron chi connectivity index (χ4n) is 1.16. The summed E-state index contributed by atoms with van der Waals surface area (Å²) in [5, 5.41) is 0. The molecule has 0 saturated carbocycles. The first kappa shape index (κ1) is 11.4. The summed E-state index contributed by atoms with van der Waals surface area (Å²) in [7, 11) is 1.59. The number of methoxy groups -OCH3 is 1. The molecule has 0 spiro atoms. The first-order valence-corrected chi connectivity index (χ1v) is 4.77. The van der Waals surface area contributed by atoms with Crippen LogP contribution in [0.15, 0.2) is 24.3 Å². The fraction of sp³-hybridized carbons (Fsp3) is 0.364. The Balaban J connectivity index is 2.67. The van der Waals surface area contributed by atoms with E-state index in [0.717, 1.165) is 5.75 Å². The summed E-state index contributed by atoms with van der Waals surface area (Å²) in [6, 6.07) is 7.01. The molecule has 4 nitrogen and oxygen atoms in total. The molecular formula is C11H15NO3. The smallest absolute Gasteiger partial charge is 0.258 e. The predicted octanol–water partition coefficient (Wildman–Crippen LogP) is 1.34. The third-order valence-corrected chi connectivity index (χ3v) is 2.03. The van der Waals surface area contributed by atoms with Crippen molar-refractivity contribution in [2.24, 2.45) is 5.73 Å². The molecule has 0 aromatic heterocycles. The summed E-state index contributed by atoms with van der Waals surface area (Å²) in [6.45, 7) is 1.85. The maximum atomic E-state index is 10.9. The van der Waals surface area contributed by atoms with Gasteiger partial charge < -0.3 is 15.2 Å². The third-order valence-electron chi connectivity index (χ3n) is 2.03. The lowest BCUT2D eigenvalue weighted by molar-refractivity contribution is -0.124. The Morgan fingerprint density at radius 2 is 1.87 bits per heavy atom. The van der Waals surface area contributed by atoms with Crippen molar-refractivity contribution in [1.29, 1.82) is 0 Å². The summed E-state index contributed by atoms with van der Waals surface area (Å²) >= 11 is 0. The van der Waals surface area contributed by atoms with Crippen molar-refractivity contribution in [3.63, 3.8) is 0 Å². The van der Waals surface area contributed by atoms with Gasteiger partial charge in [0.05, 0.1) is 7.11 Å². The number of amides is 1. The van der Waals surface area contributed by atoms with Crippen LogP contribution in [0.3, 0.4) is 0 Å². The molecule has 1 aromatic rings. The monoisotopic (exact) mass is 209 g/mol. The highest BCUT2D eigenvalue weighted by atomic mass is 16.5. The SMILES string of the molecule is CC[C@@H](Oc1ccc(OC)cc1)C(N)=O. The zero-order valence-electron chi connectivity index (χ0n) is 8.90. The third kappa shape index (κ3) is 3.16. The number of benzene rings is 1. The molecule has 1 aromatic carbocycles. The van der Waals surface area contributed by atoms with E-state index >= 15 is 0 Å². The molecule has 1 rings (SSSR count). The minimum absolute atomic E-state index is 0.451. The Kier molecular flexibility index (Phi) is 3.97. The highest BCUT2D eigenvalue weighted by Crippen LogP contribution is 2.18. The van der Waals surface area contributed by atoms with Gasteiger partial charge in [-0.3, -0.25) is 4.79 Å². The maximum Gasteiger partial charge on any atom is 0.258 e. The summed E-state index contributed by atoms with van der Waals surface area (Å²) in [6.07, 6.45) is -0.0140. The van der Waals surface area contributed by atoms with Crippen LogP contribution in [0.25, 0.3) is 0 Å². The summed E-state index contributed by atoms with van der Waals surface area (Å²) in [5.41, 5.74) is 5.16. The van der Waals surface area contributed by atoms with Crippen LogP contribution in [0.2, 0.25) is 0 Å². The number of carbonyl (C=O) groups is 1. The summed E-state index contributed by atoms with van der Waals surface area (Å²) in [4.78, 5) is 10.9. The van der Waals surface area contributed by atoms with Crippen LogP contribution < -0.4 is 15.2 Å². The Hall–Kier alpha value is -1.71. The van der Waals surface area contributed by atoms with Gasteiger partial charge in [-0.2, -0.15) is 0 Å². The number of nitrogens with two attached hydrogens (primary N) is 1. The molecule has 0 heterocycles. The van der Waals surface area contributed by atoms with Crippen LogP contribution in [0.5, 0.6) is 11.5 Å². The van der Waals surface area contributed by atoms with Gasteiger partial charge in [0.25, 0.3) is 5.91 Å². The van der Waals surface area contributed by atoms with Crippen molar-refractivity contribution in [1.82, 2.24) is 0 Å². The van der Waals surface area contributed by atoms with E-state index in [0.29, 0.717) is 12.2 Å². The highest BCUT2D eigenvalue weighted by Gasteiger charge is 2.14. The summed E-state index contributed by atoms with van der Waals surface area (Å²) in [5.74, 6) is 0.907. The van der Waals surface area contributed by atoms with Gasteiger partial charge in [0.2, 0.25) is 0 Å². The second-order valence-electron chi connectivity index (χ2n) is 3.09. The molecule has 0 aliphatic rings. The van der Waals surface area contributed by atoms with Gasteiger partial charge in [-0.05, 0) is 30.7 Å². The zero-order valence-corrected chi connectivity index (χ0v) is 8.90. The highest BCUT2D eigenvalue weighted by molar-refractivity contribution is 5.79. The van der Waals surface area contributed by atoms with Gasteiger partial charge in [-0.1, -0.05) is 6.92 Å². The van der Waals surface area contributed by atoms with E-state index in [9.17, 15) is 4.79 Å². The van der Waals surface area contributed by atoms with E-state index in [-0.39, 0.29) is 0 Å². The molecular weight excluding hydrogens is 194 g/mol. The number of primary amides is 1. The lowest BCUT2D eigenvalue weighted by atomic mass is 10.2. The average molecular weight is 209 g/mol. The quantitative estimate of drug-likeness (QED) is 0.796. The van der Waals surface area contributed by atoms with Gasteiger partial charge >= 0.3 is 0 Å². The lowest BCUT2D eigenvalue weighted by Gasteiger charge is -2.13. The Morgan fingerprint density at radius 1 is 1.33 bits per heavy atom. The van der Waals surface area contributed by atoms with E-state index in [4.69, 9.17) is 15.2 Å². The number of carbonyl (C=O) groups excluding carboxylic acids is 1. The zero-order chi connectivity index (χ0) is 11.3. The molecule has 0 fully saturated rings. The van der Waals surface area contributed by atoms with Crippen molar-refractivity contribution < 1.29 is 14.3 Å². The van der Waals surface area contributed by atoms with E-state index in [1.165, 1.54) is 0 Å². The van der Waals surface area contributed by atoms with Gasteiger partial charge in [0.1, 0.15) is 11.5 Å². The molecule has 0 unspecified atom stereocenters. The molecule has 0 aliphatic heterocycles. The van der Waals surface area contributed by atoms with Crippen LogP contribution in [-0.4, -0.2) is 19.1 Å². The lowest BCUT2D eigenvalue weighted by Crippen LogP contribution is -2.32. The number of hydrogen-bond donors (Lipinski definition) is 1. The van der Waals surface area contributed by atoms with Gasteiger partial charge in [0.15, 0.2) is 6.10 Å². The largest absolute Gasteiger partial charge is 0.497 e. The second kappa shape index (κ2) is 5.24. The number of ether oxygens (including phenoxy) is 2. The number of rotatable bonds is 5. The number of hydrogen-bond acceptors (Lipinski definition) is 3. The fourth-order valence-corrected chi connectivity index (χ4v) is 1.16. The molecule has 0 bridgehead atoms. The van der Waals surface area contributed by atoms with Gasteiger partial charge in [0, 0.05) is 0 Å². The average Bonchev–Trinajstić information content (AvgIpc) is 2.26. The van der Waals surface area contributed by atoms with E-state index in [1.54, 1.807) is 31.4 Å². The van der Waals surface area contributed by atoms with Crippen LogP contribution in [0.4, 0.5) is 0 Å². The van der Waals surface area contributed by atoms with Crippen LogP contribution >= 0.6 is 0 Å². The molecule has 1 atom stereocenters. The first-order chi connectivity index (χ1) is 7.17. The first-order valence-electron chi connectivity index (χ1n) is 4.77. The molecule has 0 saturated heterocycles. The van der Waals surface area contributed by atoms with E-state index in [2.05, 4.69) is 0 Å². The van der Waals surface area contributed by atoms with Crippen LogP contribution in [0.1, 0.15) is 13.3 Å². The molecule has 15 heavy (non-hydrogen) atoms. The molecule has 4 heteroatoms. The standard InChI is InChI=1S/C11H15NO3/c1-3-10(11(12)13)15-9-6-4-8(14-2)5-7-9/h4-7,10H,3H2,1-2H3,(H2,12,13)/t10-/m1/s1. The Morgan fingerprint density at radius 3 is 2.27 bits per heavy atom. The molecule has 0 aliphatic carbocycles. The normalized spacial score (nSPS) is 11.9. The minimum Gasteiger partial charge on any atom is -0.497 e. The molecule has 82 valence electrons. The van der Waals surface area contributed by atoms with Crippen molar-refractivity contribution in [2.75, 3.05) is 7.11 Å². The van der Waals surface area contributed by atoms with Crippen molar-refractivity contribution in [3.8, 4) is 11.5 Å². The van der Waals surface area contributed by atoms with Gasteiger partial charge in [-0.25, -0.2) is 0 Å². The molecule has 2 N–H and O–H groups in total. The van der Waals surface area contributed by atoms with E-state index in [1.807, 2.05) is 6.92 Å². The van der Waals surface area contributed by atoms with Crippen LogP contribution in [0, 0.1) is 0 Å². The Labute approximate surface area is 89.0 Å². The molecule has 1 amide bonds. The van der Waals surface area contributed by atoms with Gasteiger partial charge in [-0.15, -0.1) is 0 Å². The van der Waals surface area contributed by atoms with E-state index < -0.39 is 12.0 Å². The van der Waals surface area contributed by atoms with Crippen molar-refractivity contribution in [2.45, 2.75) is 19.4 Å². The topological polar surface area (TPSA) is 61.6 Å². The van der Waals surface area contributed by atoms with Crippen molar-refractivity contribution in [3.05, 3.63) is 24.3 Å². The minimum atomic E-state index is -0.571.